The molecule has 1 aliphatic rings. The lowest BCUT2D eigenvalue weighted by Crippen LogP contribution is -2.44. The van der Waals surface area contributed by atoms with Crippen molar-refractivity contribution in [2.24, 2.45) is 0 Å². The number of benzene rings is 1. The maximum absolute atomic E-state index is 13.2. The molecule has 0 spiro atoms. The van der Waals surface area contributed by atoms with Gasteiger partial charge in [0.1, 0.15) is 0 Å². The van der Waals surface area contributed by atoms with Gasteiger partial charge in [-0.05, 0) is 38.5 Å². The van der Waals surface area contributed by atoms with Crippen molar-refractivity contribution in [2.45, 2.75) is 36.5 Å². The van der Waals surface area contributed by atoms with E-state index in [1.807, 2.05) is 0 Å². The molecule has 0 aromatic heterocycles. The van der Waals surface area contributed by atoms with Gasteiger partial charge in [0.25, 0.3) is 0 Å². The second-order valence-corrected chi connectivity index (χ2v) is 9.16. The molecule has 1 fully saturated rings. The van der Waals surface area contributed by atoms with Gasteiger partial charge in [-0.2, -0.15) is 0 Å². The molecular weight excluding hydrogens is 344 g/mol. The van der Waals surface area contributed by atoms with Gasteiger partial charge >= 0.3 is 0 Å². The molecule has 0 radical (unpaired) electrons. The minimum atomic E-state index is -3.07. The van der Waals surface area contributed by atoms with Crippen LogP contribution in [0.3, 0.4) is 0 Å². The van der Waals surface area contributed by atoms with Crippen LogP contribution in [0.25, 0.3) is 0 Å². The standard InChI is InChI=1S/C15H19F2NO3S2/c1-3-18(11-6-7-23(20,21)9-11)15(19)10(2)22-12-4-5-13(16)14(17)8-12/h4-5,8,10-11H,3,6-7,9H2,1-2H3. The third kappa shape index (κ3) is 4.44. The number of sulfone groups is 1. The Morgan fingerprint density at radius 2 is 2.09 bits per heavy atom. The van der Waals surface area contributed by atoms with E-state index in [0.29, 0.717) is 17.9 Å². The lowest BCUT2D eigenvalue weighted by atomic mass is 10.2. The highest BCUT2D eigenvalue weighted by molar-refractivity contribution is 8.00. The van der Waals surface area contributed by atoms with Crippen molar-refractivity contribution in [3.05, 3.63) is 29.8 Å². The maximum atomic E-state index is 13.2. The van der Waals surface area contributed by atoms with Crippen LogP contribution in [-0.4, -0.2) is 48.6 Å². The van der Waals surface area contributed by atoms with Crippen LogP contribution < -0.4 is 0 Å². The molecule has 8 heteroatoms. The summed E-state index contributed by atoms with van der Waals surface area (Å²) in [5, 5.41) is -0.511. The van der Waals surface area contributed by atoms with Crippen molar-refractivity contribution < 1.29 is 22.0 Å². The molecule has 1 aliphatic heterocycles. The summed E-state index contributed by atoms with van der Waals surface area (Å²) < 4.78 is 49.4. The zero-order valence-electron chi connectivity index (χ0n) is 13.0. The number of hydrogen-bond acceptors (Lipinski definition) is 4. The summed E-state index contributed by atoms with van der Waals surface area (Å²) >= 11 is 1.13. The smallest absolute Gasteiger partial charge is 0.236 e. The van der Waals surface area contributed by atoms with Crippen LogP contribution in [0, 0.1) is 11.6 Å². The highest BCUT2D eigenvalue weighted by Gasteiger charge is 2.35. The Bertz CT molecular complexity index is 694. The number of nitrogens with zero attached hydrogens (tertiary/aromatic N) is 1. The second-order valence-electron chi connectivity index (χ2n) is 5.52. The molecule has 1 amide bonds. The SMILES string of the molecule is CCN(C(=O)C(C)Sc1ccc(F)c(F)c1)C1CCS(=O)(=O)C1. The van der Waals surface area contributed by atoms with Crippen LogP contribution in [-0.2, 0) is 14.6 Å². The van der Waals surface area contributed by atoms with E-state index in [9.17, 15) is 22.0 Å². The number of amides is 1. The number of hydrogen-bond donors (Lipinski definition) is 0. The predicted molar refractivity (Wildman–Crippen MR) is 86.1 cm³/mol. The van der Waals surface area contributed by atoms with E-state index >= 15 is 0 Å². The zero-order valence-corrected chi connectivity index (χ0v) is 14.6. The van der Waals surface area contributed by atoms with Crippen molar-refractivity contribution >= 4 is 27.5 Å². The highest BCUT2D eigenvalue weighted by Crippen LogP contribution is 2.27. The van der Waals surface area contributed by atoms with Gasteiger partial charge in [-0.25, -0.2) is 17.2 Å². The Labute approximate surface area is 139 Å². The summed E-state index contributed by atoms with van der Waals surface area (Å²) in [5.74, 6) is -1.98. The topological polar surface area (TPSA) is 54.5 Å². The van der Waals surface area contributed by atoms with E-state index in [1.54, 1.807) is 18.7 Å². The summed E-state index contributed by atoms with van der Waals surface area (Å²) in [5.41, 5.74) is 0. The van der Waals surface area contributed by atoms with Crippen molar-refractivity contribution in [1.82, 2.24) is 4.90 Å². The number of carbonyl (C=O) groups excluding carboxylic acids is 1. The molecule has 1 heterocycles. The molecule has 0 N–H and O–H groups in total. The molecule has 128 valence electrons. The minimum Gasteiger partial charge on any atom is -0.338 e. The van der Waals surface area contributed by atoms with Crippen LogP contribution in [0.15, 0.2) is 23.1 Å². The van der Waals surface area contributed by atoms with Gasteiger partial charge < -0.3 is 4.90 Å². The Balaban J connectivity index is 2.06. The summed E-state index contributed by atoms with van der Waals surface area (Å²) in [4.78, 5) is 14.6. The maximum Gasteiger partial charge on any atom is 0.236 e. The predicted octanol–water partition coefficient (Wildman–Crippen LogP) is 2.48. The van der Waals surface area contributed by atoms with Gasteiger partial charge in [0.2, 0.25) is 5.91 Å². The Hall–Kier alpha value is -1.15. The van der Waals surface area contributed by atoms with Crippen LogP contribution in [0.4, 0.5) is 8.78 Å². The molecule has 2 unspecified atom stereocenters. The van der Waals surface area contributed by atoms with Crippen LogP contribution in [0.1, 0.15) is 20.3 Å². The average molecular weight is 363 g/mol. The van der Waals surface area contributed by atoms with E-state index in [-0.39, 0.29) is 23.5 Å². The van der Waals surface area contributed by atoms with E-state index in [4.69, 9.17) is 0 Å². The molecule has 0 aliphatic carbocycles. The fraction of sp³-hybridized carbons (Fsp3) is 0.533. The normalized spacial score (nSPS) is 21.1. The summed E-state index contributed by atoms with van der Waals surface area (Å²) in [7, 11) is -3.07. The third-order valence-corrected chi connectivity index (χ3v) is 6.66. The average Bonchev–Trinajstić information content (AvgIpc) is 2.83. The molecule has 1 aromatic rings. The number of carbonyl (C=O) groups is 1. The Kier molecular flexibility index (Phi) is 5.67. The molecular formula is C15H19F2NO3S2. The minimum absolute atomic E-state index is 0.00482. The Morgan fingerprint density at radius 3 is 2.61 bits per heavy atom. The van der Waals surface area contributed by atoms with Crippen molar-refractivity contribution in [1.29, 1.82) is 0 Å². The summed E-state index contributed by atoms with van der Waals surface area (Å²) in [6.07, 6.45) is 0.449. The van der Waals surface area contributed by atoms with Gasteiger partial charge in [0.05, 0.1) is 16.8 Å². The lowest BCUT2D eigenvalue weighted by Gasteiger charge is -2.29. The first kappa shape index (κ1) is 18.2. The van der Waals surface area contributed by atoms with Gasteiger partial charge in [-0.15, -0.1) is 11.8 Å². The number of halogens is 2. The van der Waals surface area contributed by atoms with E-state index in [2.05, 4.69) is 0 Å². The van der Waals surface area contributed by atoms with Crippen molar-refractivity contribution in [3.63, 3.8) is 0 Å². The Morgan fingerprint density at radius 1 is 1.39 bits per heavy atom. The van der Waals surface area contributed by atoms with Crippen molar-refractivity contribution in [3.8, 4) is 0 Å². The number of thioether (sulfide) groups is 1. The molecule has 1 aromatic carbocycles. The van der Waals surface area contributed by atoms with E-state index < -0.39 is 26.7 Å². The second kappa shape index (κ2) is 7.17. The molecule has 23 heavy (non-hydrogen) atoms. The van der Waals surface area contributed by atoms with Gasteiger partial charge in [-0.3, -0.25) is 4.79 Å². The van der Waals surface area contributed by atoms with Gasteiger partial charge in [0, 0.05) is 17.5 Å². The van der Waals surface area contributed by atoms with Crippen molar-refractivity contribution in [2.75, 3.05) is 18.1 Å². The highest BCUT2D eigenvalue weighted by atomic mass is 32.2. The van der Waals surface area contributed by atoms with Gasteiger partial charge in [0.15, 0.2) is 21.5 Å². The third-order valence-electron chi connectivity index (χ3n) is 3.82. The quantitative estimate of drug-likeness (QED) is 0.754. The van der Waals surface area contributed by atoms with E-state index in [0.717, 1.165) is 23.9 Å². The zero-order chi connectivity index (χ0) is 17.2. The monoisotopic (exact) mass is 363 g/mol. The lowest BCUT2D eigenvalue weighted by molar-refractivity contribution is -0.131. The van der Waals surface area contributed by atoms with Gasteiger partial charge in [-0.1, -0.05) is 0 Å². The largest absolute Gasteiger partial charge is 0.338 e. The molecule has 4 nitrogen and oxygen atoms in total. The molecule has 0 saturated carbocycles. The molecule has 0 bridgehead atoms. The first-order valence-corrected chi connectivity index (χ1v) is 10.1. The number of rotatable bonds is 5. The van der Waals surface area contributed by atoms with Crippen LogP contribution >= 0.6 is 11.8 Å². The summed E-state index contributed by atoms with van der Waals surface area (Å²) in [6, 6.07) is 3.20. The molecule has 1 saturated heterocycles. The molecule has 2 atom stereocenters. The first-order chi connectivity index (χ1) is 10.7. The van der Waals surface area contributed by atoms with E-state index in [1.165, 1.54) is 6.07 Å². The van der Waals surface area contributed by atoms with Crippen LogP contribution in [0.2, 0.25) is 0 Å². The van der Waals surface area contributed by atoms with Crippen LogP contribution in [0.5, 0.6) is 0 Å². The fourth-order valence-electron chi connectivity index (χ4n) is 2.65. The fourth-order valence-corrected chi connectivity index (χ4v) is 5.35. The summed E-state index contributed by atoms with van der Waals surface area (Å²) in [6.45, 7) is 3.90. The first-order valence-electron chi connectivity index (χ1n) is 7.36. The molecule has 2 rings (SSSR count).